The smallest absolute Gasteiger partial charge is 0.240 e. The molecule has 23 heteroatoms. The normalized spacial score (nSPS) is 12.2. The van der Waals surface area contributed by atoms with Gasteiger partial charge in [0.25, 0.3) is 0 Å². The van der Waals surface area contributed by atoms with Crippen molar-refractivity contribution in [3.05, 3.63) is 70.6 Å². The third kappa shape index (κ3) is 11.2. The Bertz CT molecular complexity index is 2220. The average molecular weight is 827 g/mol. The summed E-state index contributed by atoms with van der Waals surface area (Å²) in [5.41, 5.74) is 1.58. The van der Waals surface area contributed by atoms with Crippen molar-refractivity contribution in [3.8, 4) is 0 Å². The van der Waals surface area contributed by atoms with Crippen molar-refractivity contribution in [1.29, 1.82) is 0 Å². The lowest BCUT2D eigenvalue weighted by Crippen LogP contribution is -2.30. The van der Waals surface area contributed by atoms with Gasteiger partial charge in [-0.15, -0.1) is 0 Å². The fourth-order valence-electron chi connectivity index (χ4n) is 4.39. The zero-order valence-electron chi connectivity index (χ0n) is 28.7. The van der Waals surface area contributed by atoms with Crippen molar-refractivity contribution in [3.63, 3.8) is 0 Å². The molecule has 0 aliphatic rings. The fourth-order valence-corrected chi connectivity index (χ4v) is 6.91. The van der Waals surface area contributed by atoms with E-state index in [1.807, 2.05) is 13.8 Å². The highest BCUT2D eigenvalue weighted by Gasteiger charge is 2.18. The molecule has 0 fully saturated rings. The molecule has 5 aromatic rings. The Kier molecular flexibility index (Phi) is 14.9. The standard InChI is InChI=1S/C18H25N7O4S.C13H12Cl2N4O4S/c1-11(2)15(10-27)22-16-14-9-19-25-17(14)24-18(23-16)21-12-3-5-13(6-4-12)30(28,29)20-7-8-26;14-11-10(7-21)12(15)19-13(18-11)17-8-1-3-9(4-2-8)24(22,23)16-5-6-20/h3-6,9,11,15,20,26-27H,7-8,10H2,1-2H3,(H3,19,21,22,23,24,25);1-4,7,16,20H,5-6H2,(H,17,18,19). The van der Waals surface area contributed by atoms with Gasteiger partial charge < -0.3 is 31.3 Å². The Morgan fingerprint density at radius 1 is 0.759 bits per heavy atom. The molecule has 3 heterocycles. The van der Waals surface area contributed by atoms with E-state index in [0.29, 0.717) is 34.5 Å². The Labute approximate surface area is 320 Å². The Morgan fingerprint density at radius 3 is 1.67 bits per heavy atom. The second-order valence-electron chi connectivity index (χ2n) is 11.4. The predicted octanol–water partition coefficient (Wildman–Crippen LogP) is 2.41. The number of aldehydes is 1. The van der Waals surface area contributed by atoms with Crippen LogP contribution in [0.25, 0.3) is 11.0 Å². The van der Waals surface area contributed by atoms with Gasteiger partial charge in [0.2, 0.25) is 31.9 Å². The minimum atomic E-state index is -3.68. The molecule has 0 radical (unpaired) electrons. The number of carbonyl (C=O) groups is 1. The SMILES string of the molecule is CC(C)C(CO)Nc1nc(Nc2ccc(S(=O)(=O)NCCO)cc2)nc2[nH]ncc12.O=Cc1c(Cl)nc(Nc2ccc(S(=O)(=O)NCCO)cc2)nc1Cl. The molecule has 9 N–H and O–H groups in total. The molecule has 2 aromatic carbocycles. The number of carbonyl (C=O) groups excluding carboxylic acids is 1. The maximum atomic E-state index is 12.1. The van der Waals surface area contributed by atoms with Crippen LogP contribution in [0.3, 0.4) is 0 Å². The van der Waals surface area contributed by atoms with Gasteiger partial charge in [0.1, 0.15) is 16.1 Å². The van der Waals surface area contributed by atoms with Gasteiger partial charge in [-0.25, -0.2) is 26.3 Å². The first-order chi connectivity index (χ1) is 25.7. The Hall–Kier alpha value is -4.58. The van der Waals surface area contributed by atoms with Crippen LogP contribution in [0, 0.1) is 5.92 Å². The van der Waals surface area contributed by atoms with Gasteiger partial charge in [0, 0.05) is 24.5 Å². The molecule has 0 bridgehead atoms. The van der Waals surface area contributed by atoms with E-state index in [1.165, 1.54) is 36.4 Å². The summed E-state index contributed by atoms with van der Waals surface area (Å²) in [5, 5.41) is 43.4. The second-order valence-corrected chi connectivity index (χ2v) is 15.7. The lowest BCUT2D eigenvalue weighted by atomic mass is 10.1. The Balaban J connectivity index is 0.000000247. The van der Waals surface area contributed by atoms with Gasteiger partial charge in [-0.3, -0.25) is 9.89 Å². The number of aromatic amines is 1. The molecular weight excluding hydrogens is 789 g/mol. The number of anilines is 5. The number of fused-ring (bicyclic) bond motifs is 1. The Morgan fingerprint density at radius 2 is 1.24 bits per heavy atom. The van der Waals surface area contributed by atoms with Gasteiger partial charge in [0.15, 0.2) is 11.9 Å². The number of hydrogen-bond acceptors (Lipinski definition) is 16. The lowest BCUT2D eigenvalue weighted by Gasteiger charge is -2.21. The summed E-state index contributed by atoms with van der Waals surface area (Å²) >= 11 is 11.6. The topological polar surface area (TPSA) is 286 Å². The van der Waals surface area contributed by atoms with Gasteiger partial charge in [-0.05, 0) is 54.4 Å². The highest BCUT2D eigenvalue weighted by Crippen LogP contribution is 2.25. The summed E-state index contributed by atoms with van der Waals surface area (Å²) < 4.78 is 52.5. The minimum absolute atomic E-state index is 0.0136. The van der Waals surface area contributed by atoms with E-state index in [0.717, 1.165) is 0 Å². The summed E-state index contributed by atoms with van der Waals surface area (Å²) in [4.78, 5) is 27.5. The molecule has 0 aliphatic carbocycles. The van der Waals surface area contributed by atoms with E-state index >= 15 is 0 Å². The van der Waals surface area contributed by atoms with E-state index in [4.69, 9.17) is 33.4 Å². The molecule has 0 amide bonds. The first-order valence-corrected chi connectivity index (χ1v) is 19.7. The summed E-state index contributed by atoms with van der Waals surface area (Å²) in [6.07, 6.45) is 2.06. The van der Waals surface area contributed by atoms with Crippen LogP contribution >= 0.6 is 23.2 Å². The van der Waals surface area contributed by atoms with E-state index in [-0.39, 0.29) is 82.4 Å². The third-order valence-electron chi connectivity index (χ3n) is 7.25. The van der Waals surface area contributed by atoms with Crippen molar-refractivity contribution < 1.29 is 36.9 Å². The first-order valence-electron chi connectivity index (χ1n) is 15.9. The molecule has 54 heavy (non-hydrogen) atoms. The number of sulfonamides is 2. The molecule has 19 nitrogen and oxygen atoms in total. The number of benzene rings is 2. The van der Waals surface area contributed by atoms with Crippen LogP contribution in [0.4, 0.5) is 29.1 Å². The monoisotopic (exact) mass is 825 g/mol. The van der Waals surface area contributed by atoms with Gasteiger partial charge in [-0.2, -0.15) is 25.0 Å². The number of H-pyrrole nitrogens is 1. The number of nitrogens with zero attached hydrogens (tertiary/aromatic N) is 5. The van der Waals surface area contributed by atoms with Crippen molar-refractivity contribution in [1.82, 2.24) is 39.6 Å². The molecule has 0 spiro atoms. The van der Waals surface area contributed by atoms with Crippen molar-refractivity contribution in [2.24, 2.45) is 5.92 Å². The quantitative estimate of drug-likeness (QED) is 0.0481. The zero-order valence-corrected chi connectivity index (χ0v) is 31.8. The van der Waals surface area contributed by atoms with Crippen LogP contribution in [0.2, 0.25) is 10.3 Å². The van der Waals surface area contributed by atoms with Crippen molar-refractivity contribution >= 4 is 89.7 Å². The van der Waals surface area contributed by atoms with Crippen molar-refractivity contribution in [2.45, 2.75) is 29.7 Å². The fraction of sp³-hybridized carbons (Fsp3) is 0.290. The number of rotatable bonds is 17. The third-order valence-corrected chi connectivity index (χ3v) is 10.8. The second kappa shape index (κ2) is 19.1. The summed E-state index contributed by atoms with van der Waals surface area (Å²) in [7, 11) is -7.37. The first kappa shape index (κ1) is 42.2. The molecule has 0 saturated heterocycles. The summed E-state index contributed by atoms with van der Waals surface area (Å²) in [5.74, 6) is 1.04. The molecular formula is C31H37Cl2N11O8S2. The van der Waals surface area contributed by atoms with Gasteiger partial charge >= 0.3 is 0 Å². The van der Waals surface area contributed by atoms with Crippen LogP contribution in [0.5, 0.6) is 0 Å². The predicted molar refractivity (Wildman–Crippen MR) is 202 cm³/mol. The molecule has 0 aliphatic heterocycles. The number of nitrogens with one attached hydrogen (secondary N) is 6. The maximum absolute atomic E-state index is 12.1. The minimum Gasteiger partial charge on any atom is -0.395 e. The van der Waals surface area contributed by atoms with E-state index in [9.17, 15) is 26.7 Å². The van der Waals surface area contributed by atoms with Gasteiger partial charge in [-0.1, -0.05) is 37.0 Å². The number of halogens is 2. The molecule has 3 aromatic heterocycles. The maximum Gasteiger partial charge on any atom is 0.240 e. The number of aromatic nitrogens is 6. The zero-order chi connectivity index (χ0) is 39.5. The highest BCUT2D eigenvalue weighted by molar-refractivity contribution is 7.89. The number of hydrogen-bond donors (Lipinski definition) is 9. The molecule has 290 valence electrons. The van der Waals surface area contributed by atoms with Crippen LogP contribution in [0.15, 0.2) is 64.5 Å². The summed E-state index contributed by atoms with van der Waals surface area (Å²) in [6.45, 7) is 3.23. The molecule has 0 saturated carbocycles. The highest BCUT2D eigenvalue weighted by atomic mass is 35.5. The van der Waals surface area contributed by atoms with E-state index < -0.39 is 20.0 Å². The van der Waals surface area contributed by atoms with Crippen LogP contribution < -0.4 is 25.4 Å². The average Bonchev–Trinajstić information content (AvgIpc) is 3.62. The number of aliphatic hydroxyl groups is 3. The van der Waals surface area contributed by atoms with Gasteiger partial charge in [0.05, 0.1) is 52.8 Å². The largest absolute Gasteiger partial charge is 0.395 e. The molecule has 5 rings (SSSR count). The van der Waals surface area contributed by atoms with Crippen molar-refractivity contribution in [2.75, 3.05) is 48.9 Å². The van der Waals surface area contributed by atoms with Crippen LogP contribution in [0.1, 0.15) is 24.2 Å². The van der Waals surface area contributed by atoms with Crippen LogP contribution in [-0.2, 0) is 20.0 Å². The van der Waals surface area contributed by atoms with E-state index in [2.05, 4.69) is 55.5 Å². The molecule has 1 atom stereocenters. The number of aliphatic hydroxyl groups excluding tert-OH is 3. The van der Waals surface area contributed by atoms with Crippen LogP contribution in [-0.4, -0.2) is 108 Å². The summed E-state index contributed by atoms with van der Waals surface area (Å²) in [6, 6.07) is 11.6. The lowest BCUT2D eigenvalue weighted by molar-refractivity contribution is 0.112. The van der Waals surface area contributed by atoms with E-state index in [1.54, 1.807) is 18.3 Å². The molecule has 1 unspecified atom stereocenters.